The Bertz CT molecular complexity index is 525. The molecule has 0 aromatic heterocycles. The van der Waals surface area contributed by atoms with Crippen LogP contribution in [0.4, 0.5) is 11.4 Å². The Balaban J connectivity index is 1.71. The fraction of sp³-hybridized carbons (Fsp3) is 0.571. The Morgan fingerprint density at radius 1 is 1.24 bits per heavy atom. The normalized spacial score (nSPS) is 20.1. The van der Waals surface area contributed by atoms with Gasteiger partial charge in [0.1, 0.15) is 5.75 Å². The second kappa shape index (κ2) is 5.87. The summed E-state index contributed by atoms with van der Waals surface area (Å²) in [5.74, 6) is 0.532. The number of ether oxygens (including phenoxy) is 1. The van der Waals surface area contributed by atoms with Crippen molar-refractivity contribution in [2.75, 3.05) is 51.3 Å². The Morgan fingerprint density at radius 3 is 2.48 bits per heavy atom. The van der Waals surface area contributed by atoms with Crippen LogP contribution in [0.2, 0.25) is 0 Å². The van der Waals surface area contributed by atoms with Crippen LogP contribution in [-0.4, -0.2) is 62.2 Å². The first-order valence-corrected chi connectivity index (χ1v) is 7.20. The Morgan fingerprint density at radius 2 is 1.95 bits per heavy atom. The highest BCUT2D eigenvalue weighted by atomic mass is 16.6. The van der Waals surface area contributed by atoms with Gasteiger partial charge in [-0.15, -0.1) is 0 Å². The van der Waals surface area contributed by atoms with E-state index in [0.717, 1.165) is 45.0 Å². The van der Waals surface area contributed by atoms with Gasteiger partial charge < -0.3 is 15.0 Å². The van der Waals surface area contributed by atoms with Gasteiger partial charge in [0.25, 0.3) is 5.69 Å². The molecule has 2 aliphatic heterocycles. The van der Waals surface area contributed by atoms with E-state index in [-0.39, 0.29) is 10.6 Å². The molecule has 0 saturated carbocycles. The molecule has 1 N–H and O–H groups in total. The smallest absolute Gasteiger partial charge is 0.275 e. The fourth-order valence-electron chi connectivity index (χ4n) is 2.85. The van der Waals surface area contributed by atoms with Crippen LogP contribution in [0.1, 0.15) is 0 Å². The maximum Gasteiger partial charge on any atom is 0.275 e. The quantitative estimate of drug-likeness (QED) is 0.650. The van der Waals surface area contributed by atoms with Crippen LogP contribution in [0.5, 0.6) is 5.75 Å². The summed E-state index contributed by atoms with van der Waals surface area (Å²) in [6.45, 7) is 5.92. The number of non-ortho nitro benzene ring substituents is 1. The molecule has 7 heteroatoms. The van der Waals surface area contributed by atoms with Gasteiger partial charge in [-0.05, 0) is 0 Å². The zero-order valence-electron chi connectivity index (χ0n) is 12.1. The van der Waals surface area contributed by atoms with Gasteiger partial charge in [0.2, 0.25) is 0 Å². The van der Waals surface area contributed by atoms with Crippen LogP contribution in [0.3, 0.4) is 0 Å². The largest absolute Gasteiger partial charge is 0.496 e. The summed E-state index contributed by atoms with van der Waals surface area (Å²) in [6, 6.07) is 5.61. The lowest BCUT2D eigenvalue weighted by atomic mass is 10.1. The zero-order chi connectivity index (χ0) is 14.8. The number of piperazine rings is 1. The van der Waals surface area contributed by atoms with Crippen LogP contribution in [-0.2, 0) is 0 Å². The molecule has 7 nitrogen and oxygen atoms in total. The van der Waals surface area contributed by atoms with Gasteiger partial charge in [-0.25, -0.2) is 0 Å². The molecule has 2 fully saturated rings. The first-order valence-electron chi connectivity index (χ1n) is 7.20. The molecule has 3 rings (SSSR count). The number of hydrogen-bond acceptors (Lipinski definition) is 6. The minimum Gasteiger partial charge on any atom is -0.496 e. The minimum atomic E-state index is -0.373. The summed E-state index contributed by atoms with van der Waals surface area (Å²) >= 11 is 0. The van der Waals surface area contributed by atoms with Crippen LogP contribution < -0.4 is 15.0 Å². The van der Waals surface area contributed by atoms with Crippen LogP contribution >= 0.6 is 0 Å². The number of nitrogens with one attached hydrogen (secondary N) is 1. The molecule has 0 spiro atoms. The molecule has 0 aliphatic carbocycles. The number of nitro groups is 1. The van der Waals surface area contributed by atoms with E-state index >= 15 is 0 Å². The average molecular weight is 292 g/mol. The third-order valence-corrected chi connectivity index (χ3v) is 4.28. The Hall–Kier alpha value is -1.86. The molecule has 21 heavy (non-hydrogen) atoms. The lowest BCUT2D eigenvalue weighted by Crippen LogP contribution is -2.61. The van der Waals surface area contributed by atoms with E-state index in [1.807, 2.05) is 6.07 Å². The van der Waals surface area contributed by atoms with Gasteiger partial charge in [-0.1, -0.05) is 0 Å². The van der Waals surface area contributed by atoms with Crippen molar-refractivity contribution in [2.24, 2.45) is 0 Å². The van der Waals surface area contributed by atoms with E-state index in [0.29, 0.717) is 11.8 Å². The zero-order valence-corrected chi connectivity index (χ0v) is 12.1. The van der Waals surface area contributed by atoms with E-state index in [2.05, 4.69) is 15.1 Å². The van der Waals surface area contributed by atoms with E-state index in [1.165, 1.54) is 13.2 Å². The summed E-state index contributed by atoms with van der Waals surface area (Å²) in [4.78, 5) is 15.3. The predicted octanol–water partition coefficient (Wildman–Crippen LogP) is 0.697. The third-order valence-electron chi connectivity index (χ3n) is 4.28. The molecule has 2 heterocycles. The van der Waals surface area contributed by atoms with Crippen molar-refractivity contribution in [2.45, 2.75) is 6.04 Å². The second-order valence-electron chi connectivity index (χ2n) is 5.48. The number of benzene rings is 1. The molecular formula is C14H20N4O3. The summed E-state index contributed by atoms with van der Waals surface area (Å²) in [6.07, 6.45) is 0. The highest BCUT2D eigenvalue weighted by Gasteiger charge is 2.28. The van der Waals surface area contributed by atoms with Crippen molar-refractivity contribution in [3.63, 3.8) is 0 Å². The fourth-order valence-corrected chi connectivity index (χ4v) is 2.85. The Kier molecular flexibility index (Phi) is 3.94. The highest BCUT2D eigenvalue weighted by molar-refractivity contribution is 5.58. The molecule has 0 amide bonds. The first kappa shape index (κ1) is 14.1. The van der Waals surface area contributed by atoms with Crippen LogP contribution in [0.25, 0.3) is 0 Å². The maximum atomic E-state index is 11.0. The summed E-state index contributed by atoms with van der Waals surface area (Å²) in [7, 11) is 1.53. The van der Waals surface area contributed by atoms with Gasteiger partial charge in [-0.3, -0.25) is 15.0 Å². The molecule has 2 aliphatic rings. The van der Waals surface area contributed by atoms with Crippen molar-refractivity contribution < 1.29 is 9.66 Å². The average Bonchev–Trinajstić information content (AvgIpc) is 2.45. The van der Waals surface area contributed by atoms with Gasteiger partial charge in [0.15, 0.2) is 0 Å². The van der Waals surface area contributed by atoms with Crippen LogP contribution in [0.15, 0.2) is 18.2 Å². The predicted molar refractivity (Wildman–Crippen MR) is 80.1 cm³/mol. The Labute approximate surface area is 123 Å². The molecule has 1 aromatic carbocycles. The van der Waals surface area contributed by atoms with E-state index in [1.54, 1.807) is 6.07 Å². The number of methoxy groups -OCH3 is 1. The van der Waals surface area contributed by atoms with Crippen molar-refractivity contribution in [1.29, 1.82) is 0 Å². The van der Waals surface area contributed by atoms with Gasteiger partial charge in [0.05, 0.1) is 18.1 Å². The molecule has 114 valence electrons. The maximum absolute atomic E-state index is 11.0. The number of nitrogens with zero attached hydrogens (tertiary/aromatic N) is 3. The van der Waals surface area contributed by atoms with Gasteiger partial charge >= 0.3 is 0 Å². The summed E-state index contributed by atoms with van der Waals surface area (Å²) in [5, 5.41) is 14.3. The molecule has 0 radical (unpaired) electrons. The van der Waals surface area contributed by atoms with E-state index < -0.39 is 0 Å². The third kappa shape index (κ3) is 2.93. The SMILES string of the molecule is COc1cc(N2CCN(C3CNC3)CC2)cc([N+](=O)[O-])c1. The lowest BCUT2D eigenvalue weighted by Gasteiger charge is -2.43. The van der Waals surface area contributed by atoms with Crippen LogP contribution in [0, 0.1) is 10.1 Å². The number of hydrogen-bond donors (Lipinski definition) is 1. The summed E-state index contributed by atoms with van der Waals surface area (Å²) < 4.78 is 5.17. The monoisotopic (exact) mass is 292 g/mol. The molecule has 0 atom stereocenters. The molecule has 0 bridgehead atoms. The lowest BCUT2D eigenvalue weighted by molar-refractivity contribution is -0.384. The molecule has 0 unspecified atom stereocenters. The van der Waals surface area contributed by atoms with Crippen molar-refractivity contribution in [3.8, 4) is 5.75 Å². The molecule has 1 aromatic rings. The number of anilines is 1. The highest BCUT2D eigenvalue weighted by Crippen LogP contribution is 2.29. The van der Waals surface area contributed by atoms with Gasteiger partial charge in [0, 0.05) is 63.1 Å². The topological polar surface area (TPSA) is 70.9 Å². The molecular weight excluding hydrogens is 272 g/mol. The first-order chi connectivity index (χ1) is 10.2. The number of nitro benzene ring substituents is 1. The number of rotatable bonds is 4. The standard InChI is InChI=1S/C14H20N4O3/c1-21-14-7-11(6-12(8-14)18(19)20)16-2-4-17(5-3-16)13-9-15-10-13/h6-8,13,15H,2-5,9-10H2,1H3. The van der Waals surface area contributed by atoms with E-state index in [4.69, 9.17) is 4.74 Å². The second-order valence-corrected chi connectivity index (χ2v) is 5.48. The van der Waals surface area contributed by atoms with Crippen molar-refractivity contribution in [3.05, 3.63) is 28.3 Å². The minimum absolute atomic E-state index is 0.0787. The summed E-state index contributed by atoms with van der Waals surface area (Å²) in [5.41, 5.74) is 0.947. The van der Waals surface area contributed by atoms with Gasteiger partial charge in [-0.2, -0.15) is 0 Å². The van der Waals surface area contributed by atoms with Crippen molar-refractivity contribution in [1.82, 2.24) is 10.2 Å². The van der Waals surface area contributed by atoms with E-state index in [9.17, 15) is 10.1 Å². The van der Waals surface area contributed by atoms with Crippen molar-refractivity contribution >= 4 is 11.4 Å². The molecule has 2 saturated heterocycles.